The number of urea groups is 1. The Morgan fingerprint density at radius 3 is 2.68 bits per heavy atom. The maximum Gasteiger partial charge on any atom is 0.317 e. The van der Waals surface area contributed by atoms with E-state index in [1.807, 2.05) is 21.9 Å². The summed E-state index contributed by atoms with van der Waals surface area (Å²) >= 11 is 0. The molecule has 7 heteroatoms. The summed E-state index contributed by atoms with van der Waals surface area (Å²) in [5.41, 5.74) is 2.31. The minimum atomic E-state index is -0.0487. The highest BCUT2D eigenvalue weighted by atomic mass is 16.5. The molecule has 0 saturated carbocycles. The molecule has 0 radical (unpaired) electrons. The number of methoxy groups -OCH3 is 1. The van der Waals surface area contributed by atoms with Gasteiger partial charge >= 0.3 is 6.03 Å². The molecule has 0 unspecified atom stereocenters. The first kappa shape index (κ1) is 20.6. The van der Waals surface area contributed by atoms with E-state index in [0.717, 1.165) is 44.6 Å². The quantitative estimate of drug-likeness (QED) is 0.801. The molecule has 3 rings (SSSR count). The number of aryl methyl sites for hydroxylation is 1. The van der Waals surface area contributed by atoms with Gasteiger partial charge in [0.2, 0.25) is 5.91 Å². The smallest absolute Gasteiger partial charge is 0.317 e. The molecule has 0 aliphatic carbocycles. The van der Waals surface area contributed by atoms with Crippen LogP contribution in [0.25, 0.3) is 0 Å². The van der Waals surface area contributed by atoms with Crippen LogP contribution in [0, 0.1) is 6.92 Å². The Labute approximate surface area is 167 Å². The van der Waals surface area contributed by atoms with Crippen LogP contribution in [0.3, 0.4) is 0 Å². The van der Waals surface area contributed by atoms with E-state index < -0.39 is 0 Å². The number of carbonyl (C=O) groups excluding carboxylic acids is 2. The average molecular weight is 389 g/mol. The fourth-order valence-electron chi connectivity index (χ4n) is 3.93. The number of nitrogens with one attached hydrogen (secondary N) is 1. The van der Waals surface area contributed by atoms with Gasteiger partial charge in [-0.1, -0.05) is 29.8 Å². The Bertz CT molecular complexity index is 664. The largest absolute Gasteiger partial charge is 0.383 e. The van der Waals surface area contributed by atoms with Crippen LogP contribution in [-0.2, 0) is 16.1 Å². The van der Waals surface area contributed by atoms with Gasteiger partial charge in [0, 0.05) is 52.9 Å². The van der Waals surface area contributed by atoms with Crippen molar-refractivity contribution >= 4 is 11.9 Å². The molecule has 154 valence electrons. The van der Waals surface area contributed by atoms with Gasteiger partial charge in [0.25, 0.3) is 0 Å². The molecule has 2 aliphatic rings. The number of amides is 3. The van der Waals surface area contributed by atoms with Crippen molar-refractivity contribution in [3.8, 4) is 0 Å². The topological polar surface area (TPSA) is 65.1 Å². The molecule has 2 aliphatic heterocycles. The molecule has 1 N–H and O–H groups in total. The molecular formula is C21H32N4O3. The van der Waals surface area contributed by atoms with Crippen molar-refractivity contribution in [3.63, 3.8) is 0 Å². The predicted molar refractivity (Wildman–Crippen MR) is 108 cm³/mol. The minimum Gasteiger partial charge on any atom is -0.383 e. The van der Waals surface area contributed by atoms with Crippen LogP contribution < -0.4 is 5.32 Å². The van der Waals surface area contributed by atoms with Crippen LogP contribution in [0.2, 0.25) is 0 Å². The standard InChI is InChI=1S/C21H32N4O3/c1-17-4-6-18(7-5-17)16-22-21(27)25-10-3-9-23(12-13-25)19-8-11-24(20(19)26)14-15-28-2/h4-7,19H,3,8-16H2,1-2H3,(H,22,27)/t19-/m1/s1. The van der Waals surface area contributed by atoms with Crippen LogP contribution in [0.4, 0.5) is 4.79 Å². The predicted octanol–water partition coefficient (Wildman–Crippen LogP) is 1.46. The summed E-state index contributed by atoms with van der Waals surface area (Å²) in [5.74, 6) is 0.203. The van der Waals surface area contributed by atoms with E-state index in [1.54, 1.807) is 7.11 Å². The van der Waals surface area contributed by atoms with Gasteiger partial charge in [-0.2, -0.15) is 0 Å². The van der Waals surface area contributed by atoms with Gasteiger partial charge in [0.15, 0.2) is 0 Å². The molecule has 0 spiro atoms. The van der Waals surface area contributed by atoms with Crippen LogP contribution in [-0.4, -0.2) is 85.7 Å². The number of hydrogen-bond donors (Lipinski definition) is 1. The summed E-state index contributed by atoms with van der Waals surface area (Å²) in [4.78, 5) is 31.2. The first-order valence-corrected chi connectivity index (χ1v) is 10.2. The third-order valence-electron chi connectivity index (χ3n) is 5.66. The molecule has 28 heavy (non-hydrogen) atoms. The molecule has 1 aromatic carbocycles. The lowest BCUT2D eigenvalue weighted by molar-refractivity contribution is -0.132. The SMILES string of the molecule is COCCN1CC[C@@H](N2CCCN(C(=O)NCc3ccc(C)cc3)CC2)C1=O. The molecule has 7 nitrogen and oxygen atoms in total. The van der Waals surface area contributed by atoms with Gasteiger partial charge in [-0.05, 0) is 25.3 Å². The molecule has 0 bridgehead atoms. The maximum absolute atomic E-state index is 12.7. The highest BCUT2D eigenvalue weighted by Crippen LogP contribution is 2.19. The van der Waals surface area contributed by atoms with Crippen molar-refractivity contribution in [2.24, 2.45) is 0 Å². The number of benzene rings is 1. The number of likely N-dealkylation sites (tertiary alicyclic amines) is 1. The zero-order valence-corrected chi connectivity index (χ0v) is 17.0. The monoisotopic (exact) mass is 388 g/mol. The molecular weight excluding hydrogens is 356 g/mol. The molecule has 2 heterocycles. The van der Waals surface area contributed by atoms with Gasteiger partial charge in [0.1, 0.15) is 0 Å². The van der Waals surface area contributed by atoms with Crippen LogP contribution >= 0.6 is 0 Å². The lowest BCUT2D eigenvalue weighted by atomic mass is 10.1. The van der Waals surface area contributed by atoms with Gasteiger partial charge < -0.3 is 19.9 Å². The maximum atomic E-state index is 12.7. The summed E-state index contributed by atoms with van der Waals surface area (Å²) in [7, 11) is 1.66. The fraction of sp³-hybridized carbons (Fsp3) is 0.619. The summed E-state index contributed by atoms with van der Waals surface area (Å²) in [6.07, 6.45) is 1.75. The van der Waals surface area contributed by atoms with Crippen molar-refractivity contribution in [1.82, 2.24) is 20.0 Å². The van der Waals surface area contributed by atoms with Crippen molar-refractivity contribution in [2.75, 3.05) is 53.0 Å². The van der Waals surface area contributed by atoms with Gasteiger partial charge in [-0.15, -0.1) is 0 Å². The van der Waals surface area contributed by atoms with Gasteiger partial charge in [-0.25, -0.2) is 4.79 Å². The Hall–Kier alpha value is -2.12. The second-order valence-corrected chi connectivity index (χ2v) is 7.64. The second-order valence-electron chi connectivity index (χ2n) is 7.64. The van der Waals surface area contributed by atoms with Gasteiger partial charge in [-0.3, -0.25) is 9.69 Å². The van der Waals surface area contributed by atoms with Crippen molar-refractivity contribution in [2.45, 2.75) is 32.4 Å². The molecule has 1 aromatic rings. The lowest BCUT2D eigenvalue weighted by Crippen LogP contribution is -2.45. The number of nitrogens with zero attached hydrogens (tertiary/aromatic N) is 3. The Kier molecular flexibility index (Phi) is 7.28. The third-order valence-corrected chi connectivity index (χ3v) is 5.66. The van der Waals surface area contributed by atoms with Crippen molar-refractivity contribution in [1.29, 1.82) is 0 Å². The number of hydrogen-bond acceptors (Lipinski definition) is 4. The van der Waals surface area contributed by atoms with E-state index >= 15 is 0 Å². The first-order valence-electron chi connectivity index (χ1n) is 10.2. The zero-order chi connectivity index (χ0) is 19.9. The van der Waals surface area contributed by atoms with E-state index in [-0.39, 0.29) is 18.0 Å². The summed E-state index contributed by atoms with van der Waals surface area (Å²) < 4.78 is 5.10. The lowest BCUT2D eigenvalue weighted by Gasteiger charge is -2.26. The molecule has 3 amide bonds. The highest BCUT2D eigenvalue weighted by molar-refractivity contribution is 5.84. The molecule has 2 saturated heterocycles. The summed E-state index contributed by atoms with van der Waals surface area (Å²) in [6, 6.07) is 8.12. The van der Waals surface area contributed by atoms with E-state index in [4.69, 9.17) is 4.74 Å². The van der Waals surface area contributed by atoms with Crippen LogP contribution in [0.5, 0.6) is 0 Å². The number of ether oxygens (including phenoxy) is 1. The summed E-state index contributed by atoms with van der Waals surface area (Å²) in [6.45, 7) is 7.60. The average Bonchev–Trinajstić information content (AvgIpc) is 2.91. The number of rotatable bonds is 6. The first-order chi connectivity index (χ1) is 13.6. The number of carbonyl (C=O) groups is 2. The van der Waals surface area contributed by atoms with E-state index in [0.29, 0.717) is 26.2 Å². The Morgan fingerprint density at radius 1 is 1.14 bits per heavy atom. The normalized spacial score (nSPS) is 21.1. The molecule has 2 fully saturated rings. The fourth-order valence-corrected chi connectivity index (χ4v) is 3.93. The molecule has 1 atom stereocenters. The van der Waals surface area contributed by atoms with Crippen molar-refractivity contribution in [3.05, 3.63) is 35.4 Å². The van der Waals surface area contributed by atoms with Crippen LogP contribution in [0.15, 0.2) is 24.3 Å². The van der Waals surface area contributed by atoms with E-state index in [1.165, 1.54) is 5.56 Å². The second kappa shape index (κ2) is 9.89. The van der Waals surface area contributed by atoms with E-state index in [2.05, 4.69) is 29.3 Å². The van der Waals surface area contributed by atoms with Crippen LogP contribution in [0.1, 0.15) is 24.0 Å². The van der Waals surface area contributed by atoms with Gasteiger partial charge in [0.05, 0.1) is 12.6 Å². The van der Waals surface area contributed by atoms with E-state index in [9.17, 15) is 9.59 Å². The van der Waals surface area contributed by atoms with Crippen molar-refractivity contribution < 1.29 is 14.3 Å². The highest BCUT2D eigenvalue weighted by Gasteiger charge is 2.36. The Morgan fingerprint density at radius 2 is 1.93 bits per heavy atom. The Balaban J connectivity index is 1.47. The third kappa shape index (κ3) is 5.23. The zero-order valence-electron chi connectivity index (χ0n) is 17.0. The summed E-state index contributed by atoms with van der Waals surface area (Å²) in [5, 5.41) is 3.02. The minimum absolute atomic E-state index is 0.0260. The molecule has 0 aromatic heterocycles.